The van der Waals surface area contributed by atoms with E-state index in [4.69, 9.17) is 5.11 Å². The molecule has 6 nitrogen and oxygen atoms in total. The van der Waals surface area contributed by atoms with E-state index < -0.39 is 32.7 Å². The highest BCUT2D eigenvalue weighted by Crippen LogP contribution is 2.13. The zero-order valence-electron chi connectivity index (χ0n) is 9.46. The van der Waals surface area contributed by atoms with Crippen molar-refractivity contribution in [3.05, 3.63) is 30.1 Å². The van der Waals surface area contributed by atoms with Gasteiger partial charge in [-0.15, -0.1) is 0 Å². The maximum atomic E-state index is 13.3. The summed E-state index contributed by atoms with van der Waals surface area (Å²) in [6, 6.07) is 3.21. The lowest BCUT2D eigenvalue weighted by atomic mass is 10.3. The van der Waals surface area contributed by atoms with Gasteiger partial charge in [0.25, 0.3) is 0 Å². The summed E-state index contributed by atoms with van der Waals surface area (Å²) in [4.78, 5) is 10.2. The molecule has 1 aromatic rings. The number of carboxylic acids is 1. The lowest BCUT2D eigenvalue weighted by Crippen LogP contribution is -2.43. The highest BCUT2D eigenvalue weighted by molar-refractivity contribution is 7.89. The number of nitrogens with one attached hydrogen (secondary N) is 1. The van der Waals surface area contributed by atoms with Gasteiger partial charge >= 0.3 is 5.97 Å². The van der Waals surface area contributed by atoms with Crippen LogP contribution >= 0.6 is 0 Å². The molecule has 0 aliphatic carbocycles. The number of methoxy groups -OCH3 is 1. The number of halogens is 1. The molecule has 0 spiro atoms. The van der Waals surface area contributed by atoms with Crippen LogP contribution in [-0.2, 0) is 19.6 Å². The molecule has 0 fully saturated rings. The summed E-state index contributed by atoms with van der Waals surface area (Å²) >= 11 is 0. The van der Waals surface area contributed by atoms with Gasteiger partial charge in [0.15, 0.2) is 0 Å². The number of benzene rings is 1. The third-order valence-electron chi connectivity index (χ3n) is 2.06. The average Bonchev–Trinajstić information content (AvgIpc) is 2.28. The average molecular weight is 277 g/mol. The van der Waals surface area contributed by atoms with Crippen molar-refractivity contribution in [1.82, 2.24) is 4.72 Å². The lowest BCUT2D eigenvalue weighted by Gasteiger charge is -2.14. The van der Waals surface area contributed by atoms with Gasteiger partial charge in [0, 0.05) is 7.11 Å². The first-order valence-corrected chi connectivity index (χ1v) is 6.35. The van der Waals surface area contributed by atoms with Gasteiger partial charge in [0.05, 0.1) is 6.61 Å². The van der Waals surface area contributed by atoms with Crippen LogP contribution in [0, 0.1) is 5.82 Å². The number of carboxylic acid groups (broad SMARTS) is 1. The second-order valence-electron chi connectivity index (χ2n) is 3.40. The molecule has 100 valence electrons. The summed E-state index contributed by atoms with van der Waals surface area (Å²) in [5, 5.41) is 8.78. The van der Waals surface area contributed by atoms with Gasteiger partial charge in [-0.2, -0.15) is 4.72 Å². The molecule has 18 heavy (non-hydrogen) atoms. The van der Waals surface area contributed by atoms with Crippen LogP contribution in [0.3, 0.4) is 0 Å². The van der Waals surface area contributed by atoms with Crippen LogP contribution in [0.25, 0.3) is 0 Å². The fourth-order valence-electron chi connectivity index (χ4n) is 1.24. The van der Waals surface area contributed by atoms with Crippen molar-refractivity contribution in [1.29, 1.82) is 0 Å². The van der Waals surface area contributed by atoms with Crippen LogP contribution in [0.1, 0.15) is 0 Å². The molecule has 0 aromatic heterocycles. The number of hydrogen-bond acceptors (Lipinski definition) is 4. The Kier molecular flexibility index (Phi) is 4.76. The van der Waals surface area contributed by atoms with E-state index in [1.54, 1.807) is 0 Å². The maximum Gasteiger partial charge on any atom is 0.324 e. The SMILES string of the molecule is COCC(NS(=O)(=O)c1ccccc1F)C(=O)O. The van der Waals surface area contributed by atoms with Crippen LogP contribution in [0.4, 0.5) is 4.39 Å². The van der Waals surface area contributed by atoms with Crippen LogP contribution in [0.2, 0.25) is 0 Å². The Labute approximate surface area is 103 Å². The molecule has 0 aliphatic rings. The normalized spacial score (nSPS) is 13.2. The first-order valence-electron chi connectivity index (χ1n) is 4.87. The molecule has 1 rings (SSSR count). The number of carbonyl (C=O) groups is 1. The maximum absolute atomic E-state index is 13.3. The standard InChI is InChI=1S/C10H12FNO5S/c1-17-6-8(10(13)14)12-18(15,16)9-5-3-2-4-7(9)11/h2-5,8,12H,6H2,1H3,(H,13,14). The van der Waals surface area contributed by atoms with Crippen molar-refractivity contribution in [2.24, 2.45) is 0 Å². The summed E-state index contributed by atoms with van der Waals surface area (Å²) in [7, 11) is -3.01. The van der Waals surface area contributed by atoms with Gasteiger partial charge in [-0.25, -0.2) is 12.8 Å². The van der Waals surface area contributed by atoms with E-state index >= 15 is 0 Å². The third-order valence-corrected chi connectivity index (χ3v) is 3.56. The summed E-state index contributed by atoms with van der Waals surface area (Å²) in [5.41, 5.74) is 0. The van der Waals surface area contributed by atoms with E-state index in [9.17, 15) is 17.6 Å². The molecule has 0 heterocycles. The molecule has 1 atom stereocenters. The molecule has 0 amide bonds. The van der Waals surface area contributed by atoms with Gasteiger partial charge < -0.3 is 9.84 Å². The van der Waals surface area contributed by atoms with Crippen molar-refractivity contribution < 1.29 is 27.4 Å². The van der Waals surface area contributed by atoms with Gasteiger partial charge in [-0.05, 0) is 12.1 Å². The number of rotatable bonds is 6. The molecule has 0 bridgehead atoms. The summed E-state index contributed by atoms with van der Waals surface area (Å²) in [6.07, 6.45) is 0. The van der Waals surface area contributed by atoms with Crippen LogP contribution in [0.15, 0.2) is 29.2 Å². The molecular formula is C10H12FNO5S. The summed E-state index contributed by atoms with van der Waals surface area (Å²) < 4.78 is 43.3. The number of ether oxygens (including phenoxy) is 1. The molecule has 0 saturated heterocycles. The molecule has 2 N–H and O–H groups in total. The smallest absolute Gasteiger partial charge is 0.324 e. The van der Waals surface area contributed by atoms with Crippen molar-refractivity contribution in [2.75, 3.05) is 13.7 Å². The summed E-state index contributed by atoms with van der Waals surface area (Å²) in [5.74, 6) is -2.36. The van der Waals surface area contributed by atoms with Gasteiger partial charge in [0.2, 0.25) is 10.0 Å². The van der Waals surface area contributed by atoms with Crippen molar-refractivity contribution >= 4 is 16.0 Å². The van der Waals surface area contributed by atoms with E-state index in [0.717, 1.165) is 12.1 Å². The number of aliphatic carboxylic acids is 1. The molecule has 0 aliphatic heterocycles. The topological polar surface area (TPSA) is 92.7 Å². The number of sulfonamides is 1. The Morgan fingerprint density at radius 2 is 2.11 bits per heavy atom. The first kappa shape index (κ1) is 14.6. The fourth-order valence-corrected chi connectivity index (χ4v) is 2.49. The van der Waals surface area contributed by atoms with Crippen molar-refractivity contribution in [3.63, 3.8) is 0 Å². The second kappa shape index (κ2) is 5.89. The highest BCUT2D eigenvalue weighted by atomic mass is 32.2. The van der Waals surface area contributed by atoms with E-state index in [-0.39, 0.29) is 6.61 Å². The molecule has 1 aromatic carbocycles. The Hall–Kier alpha value is -1.51. The van der Waals surface area contributed by atoms with Crippen molar-refractivity contribution in [2.45, 2.75) is 10.9 Å². The van der Waals surface area contributed by atoms with Crippen LogP contribution in [0.5, 0.6) is 0 Å². The Morgan fingerprint density at radius 3 is 2.61 bits per heavy atom. The quantitative estimate of drug-likeness (QED) is 0.775. The van der Waals surface area contributed by atoms with Gasteiger partial charge in [0.1, 0.15) is 16.8 Å². The van der Waals surface area contributed by atoms with Gasteiger partial charge in [-0.3, -0.25) is 4.79 Å². The van der Waals surface area contributed by atoms with E-state index in [1.807, 2.05) is 4.72 Å². The largest absolute Gasteiger partial charge is 0.480 e. The summed E-state index contributed by atoms with van der Waals surface area (Å²) in [6.45, 7) is -0.358. The molecule has 0 saturated carbocycles. The molecule has 8 heteroatoms. The first-order chi connectivity index (χ1) is 8.38. The monoisotopic (exact) mass is 277 g/mol. The van der Waals surface area contributed by atoms with Crippen LogP contribution < -0.4 is 4.72 Å². The second-order valence-corrected chi connectivity index (χ2v) is 5.08. The third kappa shape index (κ3) is 3.49. The fraction of sp³-hybridized carbons (Fsp3) is 0.300. The Balaban J connectivity index is 3.01. The predicted molar refractivity (Wildman–Crippen MR) is 60.0 cm³/mol. The lowest BCUT2D eigenvalue weighted by molar-refractivity contribution is -0.140. The van der Waals surface area contributed by atoms with Crippen molar-refractivity contribution in [3.8, 4) is 0 Å². The van der Waals surface area contributed by atoms with Gasteiger partial charge in [-0.1, -0.05) is 12.1 Å². The van der Waals surface area contributed by atoms with E-state index in [1.165, 1.54) is 19.2 Å². The number of hydrogen-bond donors (Lipinski definition) is 2. The Bertz CT molecular complexity index is 531. The molecular weight excluding hydrogens is 265 g/mol. The molecule has 0 radical (unpaired) electrons. The van der Waals surface area contributed by atoms with E-state index in [0.29, 0.717) is 0 Å². The minimum absolute atomic E-state index is 0.358. The van der Waals surface area contributed by atoms with E-state index in [2.05, 4.69) is 4.74 Å². The highest BCUT2D eigenvalue weighted by Gasteiger charge is 2.27. The van der Waals surface area contributed by atoms with Crippen LogP contribution in [-0.4, -0.2) is 39.3 Å². The molecule has 1 unspecified atom stereocenters. The minimum atomic E-state index is -4.24. The zero-order chi connectivity index (χ0) is 13.8. The minimum Gasteiger partial charge on any atom is -0.480 e. The Morgan fingerprint density at radius 1 is 1.50 bits per heavy atom. The predicted octanol–water partition coefficient (Wildman–Crippen LogP) is 0.204. The zero-order valence-corrected chi connectivity index (χ0v) is 10.3.